The van der Waals surface area contributed by atoms with Crippen LogP contribution in [0.4, 0.5) is 0 Å². The Morgan fingerprint density at radius 3 is 1.62 bits per heavy atom. The molecule has 5 atom stereocenters. The molecule has 0 aliphatic carbocycles. The Balaban J connectivity index is 1.44. The maximum absolute atomic E-state index is 14.2. The third-order valence-corrected chi connectivity index (χ3v) is 9.28. The zero-order chi connectivity index (χ0) is 37.0. The molecule has 4 aromatic rings. The fraction of sp³-hybridized carbons (Fsp3) is 0.318. The zero-order valence-electron chi connectivity index (χ0n) is 30.4. The smallest absolute Gasteiger partial charge is 0.336 e. The number of carbonyl (C=O) groups is 2. The average Bonchev–Trinajstić information content (AvgIpc) is 3.54. The van der Waals surface area contributed by atoms with E-state index in [-0.39, 0.29) is 32.0 Å². The molecule has 0 spiro atoms. The van der Waals surface area contributed by atoms with E-state index in [1.165, 1.54) is 0 Å². The van der Waals surface area contributed by atoms with E-state index in [0.717, 1.165) is 22.3 Å². The summed E-state index contributed by atoms with van der Waals surface area (Å²) in [7, 11) is 0. The van der Waals surface area contributed by atoms with Crippen molar-refractivity contribution in [3.63, 3.8) is 0 Å². The largest absolute Gasteiger partial charge is 0.463 e. The van der Waals surface area contributed by atoms with Gasteiger partial charge < -0.3 is 33.7 Å². The molecule has 276 valence electrons. The van der Waals surface area contributed by atoms with E-state index in [1.807, 2.05) is 128 Å². The molecule has 9 heteroatoms. The number of carbonyl (C=O) groups excluding carboxylic acids is 2. The highest BCUT2D eigenvalue weighted by Gasteiger charge is 2.51. The molecular formula is C44H47NO8. The van der Waals surface area contributed by atoms with Crippen LogP contribution in [0, 0.1) is 0 Å². The van der Waals surface area contributed by atoms with Crippen molar-refractivity contribution < 1.29 is 38.0 Å². The molecule has 2 heterocycles. The molecule has 4 aromatic carbocycles. The Bertz CT molecular complexity index is 1850. The summed E-state index contributed by atoms with van der Waals surface area (Å²) in [6.07, 6.45) is -2.74. The van der Waals surface area contributed by atoms with E-state index < -0.39 is 42.3 Å². The van der Waals surface area contributed by atoms with Gasteiger partial charge in [-0.1, -0.05) is 121 Å². The number of hydrogen-bond donors (Lipinski definition) is 1. The van der Waals surface area contributed by atoms with Crippen LogP contribution in [0.25, 0.3) is 0 Å². The van der Waals surface area contributed by atoms with Crippen molar-refractivity contribution in [3.8, 4) is 0 Å². The van der Waals surface area contributed by atoms with Crippen molar-refractivity contribution >= 4 is 11.9 Å². The van der Waals surface area contributed by atoms with E-state index in [0.29, 0.717) is 30.2 Å². The van der Waals surface area contributed by atoms with Crippen LogP contribution >= 0.6 is 0 Å². The standard InChI is InChI=1S/C44H47NO8/c1-4-49-43(46)36-30(3)45-39(38(44(47)50-5-2)37(36)34-24-16-9-17-25-34)41-42(52-28-33-22-14-8-15-23-33)40(51-27-32-20-12-7-13-21-32)35(53-41)29-48-26-31-18-10-6-11-19-31/h6-25,35,37,40-42,45H,4-5,26-29H2,1-3H3/t35-,37-,40-,41+,42-/m1/s1. The highest BCUT2D eigenvalue weighted by atomic mass is 16.6. The van der Waals surface area contributed by atoms with Crippen molar-refractivity contribution in [1.29, 1.82) is 0 Å². The molecule has 0 bridgehead atoms. The number of esters is 2. The summed E-state index contributed by atoms with van der Waals surface area (Å²) >= 11 is 0. The topological polar surface area (TPSA) is 102 Å². The van der Waals surface area contributed by atoms with Gasteiger partial charge in [-0.05, 0) is 43.0 Å². The van der Waals surface area contributed by atoms with E-state index in [2.05, 4.69) is 5.32 Å². The summed E-state index contributed by atoms with van der Waals surface area (Å²) in [4.78, 5) is 27.9. The second kappa shape index (κ2) is 18.6. The van der Waals surface area contributed by atoms with Gasteiger partial charge in [0.1, 0.15) is 24.4 Å². The summed E-state index contributed by atoms with van der Waals surface area (Å²) < 4.78 is 38.0. The summed E-state index contributed by atoms with van der Waals surface area (Å²) in [6.45, 7) is 6.77. The predicted molar refractivity (Wildman–Crippen MR) is 200 cm³/mol. The van der Waals surface area contributed by atoms with E-state index in [1.54, 1.807) is 13.8 Å². The van der Waals surface area contributed by atoms with Crippen LogP contribution in [0.2, 0.25) is 0 Å². The molecule has 0 amide bonds. The van der Waals surface area contributed by atoms with Gasteiger partial charge in [0, 0.05) is 5.70 Å². The van der Waals surface area contributed by atoms with Crippen LogP contribution in [0.3, 0.4) is 0 Å². The lowest BCUT2D eigenvalue weighted by Gasteiger charge is -2.35. The van der Waals surface area contributed by atoms with Gasteiger partial charge in [0.15, 0.2) is 0 Å². The maximum atomic E-state index is 14.2. The lowest BCUT2D eigenvalue weighted by atomic mass is 9.79. The van der Waals surface area contributed by atoms with Crippen LogP contribution in [-0.4, -0.2) is 56.2 Å². The van der Waals surface area contributed by atoms with Gasteiger partial charge in [0.25, 0.3) is 0 Å². The fourth-order valence-electron chi connectivity index (χ4n) is 6.85. The van der Waals surface area contributed by atoms with Gasteiger partial charge in [-0.15, -0.1) is 0 Å². The number of allylic oxidation sites excluding steroid dienone is 1. The molecule has 2 aliphatic heterocycles. The average molecular weight is 718 g/mol. The number of dihydropyridines is 1. The lowest BCUT2D eigenvalue weighted by molar-refractivity contribution is -0.139. The second-order valence-electron chi connectivity index (χ2n) is 12.9. The molecule has 0 unspecified atom stereocenters. The number of rotatable bonds is 16. The molecule has 1 saturated heterocycles. The first kappa shape index (κ1) is 37.7. The molecule has 1 fully saturated rings. The molecule has 0 aromatic heterocycles. The number of hydrogen-bond acceptors (Lipinski definition) is 9. The minimum Gasteiger partial charge on any atom is -0.463 e. The highest BCUT2D eigenvalue weighted by Crippen LogP contribution is 2.43. The lowest BCUT2D eigenvalue weighted by Crippen LogP contribution is -2.44. The molecule has 0 radical (unpaired) electrons. The predicted octanol–water partition coefficient (Wildman–Crippen LogP) is 7.18. The van der Waals surface area contributed by atoms with Crippen molar-refractivity contribution in [1.82, 2.24) is 5.32 Å². The van der Waals surface area contributed by atoms with Crippen LogP contribution < -0.4 is 5.32 Å². The Kier molecular flexibility index (Phi) is 13.2. The Morgan fingerprint density at radius 2 is 1.09 bits per heavy atom. The summed E-state index contributed by atoms with van der Waals surface area (Å²) in [5, 5.41) is 3.42. The summed E-state index contributed by atoms with van der Waals surface area (Å²) in [6, 6.07) is 39.2. The van der Waals surface area contributed by atoms with Crippen molar-refractivity contribution in [2.24, 2.45) is 0 Å². The molecule has 53 heavy (non-hydrogen) atoms. The number of ether oxygens (including phenoxy) is 6. The van der Waals surface area contributed by atoms with E-state index >= 15 is 0 Å². The number of nitrogens with one attached hydrogen (secondary N) is 1. The Morgan fingerprint density at radius 1 is 0.623 bits per heavy atom. The van der Waals surface area contributed by atoms with E-state index in [4.69, 9.17) is 28.4 Å². The highest BCUT2D eigenvalue weighted by molar-refractivity contribution is 6.00. The molecule has 2 aliphatic rings. The summed E-state index contributed by atoms with van der Waals surface area (Å²) in [5.74, 6) is -1.90. The molecule has 0 saturated carbocycles. The second-order valence-corrected chi connectivity index (χ2v) is 12.9. The van der Waals surface area contributed by atoms with Crippen LogP contribution in [0.1, 0.15) is 48.9 Å². The zero-order valence-corrected chi connectivity index (χ0v) is 30.4. The fourth-order valence-corrected chi connectivity index (χ4v) is 6.85. The van der Waals surface area contributed by atoms with Gasteiger partial charge in [-0.2, -0.15) is 0 Å². The van der Waals surface area contributed by atoms with Crippen LogP contribution in [0.15, 0.2) is 144 Å². The first-order valence-electron chi connectivity index (χ1n) is 18.2. The molecular weight excluding hydrogens is 670 g/mol. The van der Waals surface area contributed by atoms with Gasteiger partial charge in [-0.25, -0.2) is 9.59 Å². The third-order valence-electron chi connectivity index (χ3n) is 9.28. The minimum atomic E-state index is -0.839. The van der Waals surface area contributed by atoms with Gasteiger partial charge >= 0.3 is 11.9 Å². The van der Waals surface area contributed by atoms with Crippen molar-refractivity contribution in [2.45, 2.75) is 70.9 Å². The quantitative estimate of drug-likeness (QED) is 0.121. The Hall–Kier alpha value is -5.06. The van der Waals surface area contributed by atoms with Gasteiger partial charge in [0.2, 0.25) is 0 Å². The van der Waals surface area contributed by atoms with Crippen LogP contribution in [-0.2, 0) is 57.8 Å². The Labute approximate surface area is 311 Å². The SMILES string of the molecule is CCOC(=O)C1=C(C)NC([C@@H]2O[C@H](COCc3ccccc3)[C@@H](OCc3ccccc3)[C@H]2OCc2ccccc2)=C(C(=O)OCC)[C@@H]1c1ccccc1. The molecule has 1 N–H and O–H groups in total. The molecule has 6 rings (SSSR count). The van der Waals surface area contributed by atoms with Gasteiger partial charge in [0.05, 0.1) is 62.4 Å². The first-order valence-corrected chi connectivity index (χ1v) is 18.2. The van der Waals surface area contributed by atoms with Gasteiger partial charge in [-0.3, -0.25) is 0 Å². The van der Waals surface area contributed by atoms with Crippen LogP contribution in [0.5, 0.6) is 0 Å². The minimum absolute atomic E-state index is 0.132. The maximum Gasteiger partial charge on any atom is 0.336 e. The monoisotopic (exact) mass is 717 g/mol. The number of benzene rings is 4. The van der Waals surface area contributed by atoms with Crippen molar-refractivity contribution in [3.05, 3.63) is 166 Å². The first-order chi connectivity index (χ1) is 26.0. The third kappa shape index (κ3) is 9.30. The van der Waals surface area contributed by atoms with Crippen molar-refractivity contribution in [2.75, 3.05) is 19.8 Å². The summed E-state index contributed by atoms with van der Waals surface area (Å²) in [5.41, 5.74) is 5.27. The molecule has 9 nitrogen and oxygen atoms in total. The van der Waals surface area contributed by atoms with E-state index in [9.17, 15) is 9.59 Å². The normalized spacial score (nSPS) is 21.3.